The van der Waals surface area contributed by atoms with E-state index in [1.165, 1.54) is 0 Å². The molecule has 7 heteroatoms. The van der Waals surface area contributed by atoms with Crippen molar-refractivity contribution >= 4 is 34.9 Å². The van der Waals surface area contributed by atoms with Crippen LogP contribution in [0.5, 0.6) is 5.75 Å². The Morgan fingerprint density at radius 3 is 2.62 bits per heavy atom. The standard InChI is InChI=1S/C27H30N2O4S/c1-3-4-13-32-14-15-33-24-8-5-20(6-9-24)21-7-10-25-23(16-21)17-22(27(30)31)11-12-29(25)26-18-34-19(2)28-26/h5-10,16-18H,3-4,11-15H2,1-2H3,(H,30,31). The molecule has 0 bridgehead atoms. The summed E-state index contributed by atoms with van der Waals surface area (Å²) in [6.07, 6.45) is 4.43. The highest BCUT2D eigenvalue weighted by Crippen LogP contribution is 2.37. The number of anilines is 2. The molecule has 0 spiro atoms. The quantitative estimate of drug-likeness (QED) is 0.344. The van der Waals surface area contributed by atoms with Gasteiger partial charge in [0.15, 0.2) is 0 Å². The number of carbonyl (C=O) groups is 1. The van der Waals surface area contributed by atoms with E-state index in [4.69, 9.17) is 9.47 Å². The maximum Gasteiger partial charge on any atom is 0.331 e. The number of aromatic nitrogens is 1. The number of benzene rings is 2. The van der Waals surface area contributed by atoms with Gasteiger partial charge in [0, 0.05) is 29.8 Å². The van der Waals surface area contributed by atoms with E-state index in [1.54, 1.807) is 17.4 Å². The number of nitrogens with zero attached hydrogens (tertiary/aromatic N) is 2. The topological polar surface area (TPSA) is 71.9 Å². The van der Waals surface area contributed by atoms with E-state index in [0.717, 1.165) is 58.4 Å². The van der Waals surface area contributed by atoms with Gasteiger partial charge in [-0.05, 0) is 66.8 Å². The molecule has 0 amide bonds. The Bertz CT molecular complexity index is 1150. The maximum absolute atomic E-state index is 11.8. The molecular weight excluding hydrogens is 448 g/mol. The zero-order valence-electron chi connectivity index (χ0n) is 19.6. The second-order valence-electron chi connectivity index (χ2n) is 8.21. The Morgan fingerprint density at radius 1 is 1.12 bits per heavy atom. The number of rotatable bonds is 10. The van der Waals surface area contributed by atoms with Gasteiger partial charge < -0.3 is 19.5 Å². The number of carboxylic acids is 1. The fraction of sp³-hybridized carbons (Fsp3) is 0.333. The highest BCUT2D eigenvalue weighted by atomic mass is 32.1. The van der Waals surface area contributed by atoms with E-state index in [9.17, 15) is 9.90 Å². The van der Waals surface area contributed by atoms with Gasteiger partial charge in [0.1, 0.15) is 18.2 Å². The lowest BCUT2D eigenvalue weighted by atomic mass is 10.00. The Hall–Kier alpha value is -3.16. The lowest BCUT2D eigenvalue weighted by Crippen LogP contribution is -2.19. The molecule has 6 nitrogen and oxygen atoms in total. The second-order valence-corrected chi connectivity index (χ2v) is 9.28. The van der Waals surface area contributed by atoms with Crippen molar-refractivity contribution < 1.29 is 19.4 Å². The predicted octanol–water partition coefficient (Wildman–Crippen LogP) is 6.32. The average Bonchev–Trinajstić information content (AvgIpc) is 3.17. The summed E-state index contributed by atoms with van der Waals surface area (Å²) in [5.74, 6) is 0.778. The van der Waals surface area contributed by atoms with Crippen LogP contribution in [-0.4, -0.2) is 42.4 Å². The van der Waals surface area contributed by atoms with Gasteiger partial charge in [0.2, 0.25) is 0 Å². The Morgan fingerprint density at radius 2 is 1.91 bits per heavy atom. The number of hydrogen-bond acceptors (Lipinski definition) is 6. The van der Waals surface area contributed by atoms with E-state index in [0.29, 0.717) is 31.8 Å². The molecule has 178 valence electrons. The minimum atomic E-state index is -0.882. The number of fused-ring (bicyclic) bond motifs is 1. The summed E-state index contributed by atoms with van der Waals surface area (Å²) < 4.78 is 11.3. The molecule has 3 aromatic rings. The van der Waals surface area contributed by atoms with Crippen LogP contribution in [0.3, 0.4) is 0 Å². The average molecular weight is 479 g/mol. The predicted molar refractivity (Wildman–Crippen MR) is 137 cm³/mol. The molecule has 34 heavy (non-hydrogen) atoms. The van der Waals surface area contributed by atoms with Gasteiger partial charge in [-0.3, -0.25) is 0 Å². The number of thiazole rings is 1. The third-order valence-electron chi connectivity index (χ3n) is 5.74. The molecule has 1 aliphatic heterocycles. The van der Waals surface area contributed by atoms with Crippen molar-refractivity contribution in [2.75, 3.05) is 31.3 Å². The molecular formula is C27H30N2O4S. The van der Waals surface area contributed by atoms with E-state index < -0.39 is 5.97 Å². The fourth-order valence-corrected chi connectivity index (χ4v) is 4.50. The van der Waals surface area contributed by atoms with Crippen LogP contribution in [0, 0.1) is 6.92 Å². The number of aryl methyl sites for hydroxylation is 1. The van der Waals surface area contributed by atoms with Crippen LogP contribution in [0.25, 0.3) is 17.2 Å². The minimum Gasteiger partial charge on any atom is -0.491 e. The van der Waals surface area contributed by atoms with E-state index in [1.807, 2.05) is 42.6 Å². The summed E-state index contributed by atoms with van der Waals surface area (Å²) in [6.45, 7) is 6.57. The Balaban J connectivity index is 1.54. The number of aliphatic carboxylic acids is 1. The van der Waals surface area contributed by atoms with Crippen LogP contribution in [0.1, 0.15) is 36.8 Å². The van der Waals surface area contributed by atoms with Crippen molar-refractivity contribution in [2.45, 2.75) is 33.1 Å². The normalized spacial score (nSPS) is 13.2. The van der Waals surface area contributed by atoms with Crippen molar-refractivity contribution in [3.63, 3.8) is 0 Å². The molecule has 1 aliphatic rings. The van der Waals surface area contributed by atoms with E-state index >= 15 is 0 Å². The first kappa shape index (κ1) is 24.0. The second kappa shape index (κ2) is 11.3. The van der Waals surface area contributed by atoms with Crippen LogP contribution in [0.4, 0.5) is 11.5 Å². The summed E-state index contributed by atoms with van der Waals surface area (Å²) in [4.78, 5) is 18.5. The van der Waals surface area contributed by atoms with Crippen molar-refractivity contribution in [1.82, 2.24) is 4.98 Å². The molecule has 0 fully saturated rings. The fourth-order valence-electron chi connectivity index (χ4n) is 3.90. The van der Waals surface area contributed by atoms with Crippen LogP contribution in [-0.2, 0) is 9.53 Å². The Kier molecular flexibility index (Phi) is 7.98. The van der Waals surface area contributed by atoms with Gasteiger partial charge in [0.05, 0.1) is 11.6 Å². The highest BCUT2D eigenvalue weighted by Gasteiger charge is 2.22. The first-order chi connectivity index (χ1) is 16.5. The van der Waals surface area contributed by atoms with E-state index in [2.05, 4.69) is 28.9 Å². The SMILES string of the molecule is CCCCOCCOc1ccc(-c2ccc3c(c2)C=C(C(=O)O)CCN3c2csc(C)n2)cc1. The molecule has 2 heterocycles. The number of carboxylic acid groups (broad SMARTS) is 1. The molecule has 0 atom stereocenters. The smallest absolute Gasteiger partial charge is 0.331 e. The summed E-state index contributed by atoms with van der Waals surface area (Å²) in [5, 5.41) is 12.7. The van der Waals surface area contributed by atoms with Crippen molar-refractivity contribution in [1.29, 1.82) is 0 Å². The molecule has 1 aromatic heterocycles. The summed E-state index contributed by atoms with van der Waals surface area (Å²) in [7, 11) is 0. The van der Waals surface area contributed by atoms with Gasteiger partial charge in [-0.1, -0.05) is 31.5 Å². The maximum atomic E-state index is 11.8. The molecule has 0 radical (unpaired) electrons. The van der Waals surface area contributed by atoms with Crippen molar-refractivity contribution in [3.8, 4) is 16.9 Å². The van der Waals surface area contributed by atoms with E-state index in [-0.39, 0.29) is 0 Å². The number of unbranched alkanes of at least 4 members (excludes halogenated alkanes) is 1. The summed E-state index contributed by atoms with van der Waals surface area (Å²) >= 11 is 1.59. The van der Waals surface area contributed by atoms with Crippen LogP contribution in [0.2, 0.25) is 0 Å². The molecule has 1 N–H and O–H groups in total. The van der Waals surface area contributed by atoms with Crippen molar-refractivity contribution in [2.24, 2.45) is 0 Å². The van der Waals surface area contributed by atoms with Gasteiger partial charge in [-0.2, -0.15) is 0 Å². The molecule has 2 aromatic carbocycles. The van der Waals surface area contributed by atoms with Gasteiger partial charge in [-0.15, -0.1) is 11.3 Å². The van der Waals surface area contributed by atoms with Crippen LogP contribution in [0.15, 0.2) is 53.4 Å². The van der Waals surface area contributed by atoms with Crippen LogP contribution >= 0.6 is 11.3 Å². The molecule has 0 saturated heterocycles. The number of hydrogen-bond donors (Lipinski definition) is 1. The van der Waals surface area contributed by atoms with Crippen LogP contribution < -0.4 is 9.64 Å². The monoisotopic (exact) mass is 478 g/mol. The minimum absolute atomic E-state index is 0.401. The summed E-state index contributed by atoms with van der Waals surface area (Å²) in [5.41, 5.74) is 4.30. The lowest BCUT2D eigenvalue weighted by molar-refractivity contribution is -0.132. The first-order valence-electron chi connectivity index (χ1n) is 11.6. The molecule has 4 rings (SSSR count). The molecule has 0 aliphatic carbocycles. The summed E-state index contributed by atoms with van der Waals surface area (Å²) in [6, 6.07) is 14.1. The van der Waals surface area contributed by atoms with Gasteiger partial charge in [-0.25, -0.2) is 9.78 Å². The third kappa shape index (κ3) is 5.85. The van der Waals surface area contributed by atoms with Gasteiger partial charge in [0.25, 0.3) is 0 Å². The molecule has 0 saturated carbocycles. The van der Waals surface area contributed by atoms with Crippen molar-refractivity contribution in [3.05, 3.63) is 64.0 Å². The highest BCUT2D eigenvalue weighted by molar-refractivity contribution is 7.09. The molecule has 0 unspecified atom stereocenters. The zero-order valence-corrected chi connectivity index (χ0v) is 20.4. The third-order valence-corrected chi connectivity index (χ3v) is 6.50. The lowest BCUT2D eigenvalue weighted by Gasteiger charge is -2.23. The zero-order chi connectivity index (χ0) is 23.9. The van der Waals surface area contributed by atoms with Gasteiger partial charge >= 0.3 is 5.97 Å². The Labute approximate surface area is 204 Å². The largest absolute Gasteiger partial charge is 0.491 e. The first-order valence-corrected chi connectivity index (χ1v) is 12.5. The number of ether oxygens (including phenoxy) is 2.